The van der Waals surface area contributed by atoms with Crippen LogP contribution in [0.5, 0.6) is 0 Å². The van der Waals surface area contributed by atoms with Crippen molar-refractivity contribution in [2.24, 2.45) is 5.92 Å². The van der Waals surface area contributed by atoms with E-state index in [0.717, 1.165) is 12.8 Å². The van der Waals surface area contributed by atoms with Crippen LogP contribution < -0.4 is 5.32 Å². The lowest BCUT2D eigenvalue weighted by atomic mass is 9.91. The zero-order chi connectivity index (χ0) is 13.9. The number of ether oxygens (including phenoxy) is 1. The first-order valence-corrected chi connectivity index (χ1v) is 8.83. The first-order valence-electron chi connectivity index (χ1n) is 7.33. The third-order valence-corrected chi connectivity index (χ3v) is 6.91. The second-order valence-electron chi connectivity index (χ2n) is 5.57. The largest absolute Gasteiger partial charge is 0.381 e. The molecule has 0 bridgehead atoms. The van der Waals surface area contributed by atoms with Gasteiger partial charge in [0.25, 0.3) is 0 Å². The molecule has 2 heterocycles. The van der Waals surface area contributed by atoms with Crippen LogP contribution >= 0.6 is 0 Å². The van der Waals surface area contributed by atoms with Crippen molar-refractivity contribution in [2.75, 3.05) is 33.4 Å². The minimum atomic E-state index is -3.13. The molecule has 6 heteroatoms. The third kappa shape index (κ3) is 3.29. The number of nitrogens with zero attached hydrogens (tertiary/aromatic N) is 1. The van der Waals surface area contributed by atoms with E-state index in [-0.39, 0.29) is 5.25 Å². The Balaban J connectivity index is 2.04. The van der Waals surface area contributed by atoms with Crippen molar-refractivity contribution >= 4 is 10.0 Å². The van der Waals surface area contributed by atoms with Gasteiger partial charge in [0.2, 0.25) is 10.0 Å². The van der Waals surface area contributed by atoms with Gasteiger partial charge >= 0.3 is 0 Å². The molecule has 0 aromatic heterocycles. The van der Waals surface area contributed by atoms with E-state index < -0.39 is 10.0 Å². The highest BCUT2D eigenvalue weighted by molar-refractivity contribution is 7.89. The fourth-order valence-corrected chi connectivity index (χ4v) is 5.18. The number of rotatable bonds is 4. The van der Waals surface area contributed by atoms with E-state index in [9.17, 15) is 8.42 Å². The van der Waals surface area contributed by atoms with E-state index in [1.807, 2.05) is 7.05 Å². The van der Waals surface area contributed by atoms with Crippen LogP contribution in [-0.4, -0.2) is 57.4 Å². The number of hydrogen-bond donors (Lipinski definition) is 1. The summed E-state index contributed by atoms with van der Waals surface area (Å²) in [6.07, 6.45) is 3.22. The molecule has 2 atom stereocenters. The van der Waals surface area contributed by atoms with Crippen molar-refractivity contribution in [3.05, 3.63) is 0 Å². The van der Waals surface area contributed by atoms with E-state index in [2.05, 4.69) is 12.2 Å². The second-order valence-corrected chi connectivity index (χ2v) is 7.78. The lowest BCUT2D eigenvalue weighted by molar-refractivity contribution is 0.0963. The summed E-state index contributed by atoms with van der Waals surface area (Å²) in [5, 5.41) is 3.08. The number of nitrogens with one attached hydrogen (secondary N) is 1. The molecule has 0 aromatic carbocycles. The number of piperidine rings is 1. The van der Waals surface area contributed by atoms with Crippen LogP contribution in [0, 0.1) is 5.92 Å². The Labute approximate surface area is 116 Å². The number of sulfonamides is 1. The topological polar surface area (TPSA) is 58.6 Å². The van der Waals surface area contributed by atoms with Crippen molar-refractivity contribution in [3.8, 4) is 0 Å². The highest BCUT2D eigenvalue weighted by atomic mass is 32.2. The fraction of sp³-hybridized carbons (Fsp3) is 1.00. The summed E-state index contributed by atoms with van der Waals surface area (Å²) < 4.78 is 32.3. The first-order chi connectivity index (χ1) is 9.09. The summed E-state index contributed by atoms with van der Waals surface area (Å²) in [6.45, 7) is 4.62. The smallest absolute Gasteiger partial charge is 0.217 e. The molecule has 5 nitrogen and oxygen atoms in total. The maximum Gasteiger partial charge on any atom is 0.217 e. The number of hydrogen-bond acceptors (Lipinski definition) is 4. The third-order valence-electron chi connectivity index (χ3n) is 4.54. The van der Waals surface area contributed by atoms with Gasteiger partial charge in [0.15, 0.2) is 0 Å². The van der Waals surface area contributed by atoms with Gasteiger partial charge in [0.1, 0.15) is 0 Å². The first kappa shape index (κ1) is 15.2. The highest BCUT2D eigenvalue weighted by Gasteiger charge is 2.38. The van der Waals surface area contributed by atoms with Crippen molar-refractivity contribution in [1.29, 1.82) is 0 Å². The highest BCUT2D eigenvalue weighted by Crippen LogP contribution is 2.26. The van der Waals surface area contributed by atoms with Crippen molar-refractivity contribution in [1.82, 2.24) is 9.62 Å². The molecule has 0 spiro atoms. The molecule has 2 fully saturated rings. The molecule has 2 unspecified atom stereocenters. The Bertz CT molecular complexity index is 379. The van der Waals surface area contributed by atoms with Gasteiger partial charge in [-0.25, -0.2) is 12.7 Å². The van der Waals surface area contributed by atoms with E-state index in [1.165, 1.54) is 0 Å². The van der Waals surface area contributed by atoms with E-state index >= 15 is 0 Å². The van der Waals surface area contributed by atoms with Crippen LogP contribution in [0.1, 0.15) is 32.6 Å². The molecular weight excluding hydrogens is 264 g/mol. The van der Waals surface area contributed by atoms with E-state index in [4.69, 9.17) is 4.74 Å². The quantitative estimate of drug-likeness (QED) is 0.832. The molecule has 0 saturated carbocycles. The Morgan fingerprint density at radius 3 is 2.53 bits per heavy atom. The Morgan fingerprint density at radius 1 is 1.26 bits per heavy atom. The molecule has 0 amide bonds. The molecule has 0 aromatic rings. The van der Waals surface area contributed by atoms with Crippen LogP contribution in [0.15, 0.2) is 0 Å². The molecule has 19 heavy (non-hydrogen) atoms. The van der Waals surface area contributed by atoms with Crippen LogP contribution in [-0.2, 0) is 14.8 Å². The molecule has 0 radical (unpaired) electrons. The fourth-order valence-electron chi connectivity index (χ4n) is 3.21. The Hall–Kier alpha value is -0.170. The average molecular weight is 290 g/mol. The predicted octanol–water partition coefficient (Wildman–Crippen LogP) is 0.815. The Kier molecular flexibility index (Phi) is 5.22. The van der Waals surface area contributed by atoms with E-state index in [0.29, 0.717) is 51.1 Å². The van der Waals surface area contributed by atoms with Crippen LogP contribution in [0.4, 0.5) is 0 Å². The summed E-state index contributed by atoms with van der Waals surface area (Å²) >= 11 is 0. The molecule has 1 N–H and O–H groups in total. The van der Waals surface area contributed by atoms with Crippen LogP contribution in [0.3, 0.4) is 0 Å². The van der Waals surface area contributed by atoms with Gasteiger partial charge in [-0.3, -0.25) is 0 Å². The zero-order valence-corrected chi connectivity index (χ0v) is 12.8. The van der Waals surface area contributed by atoms with Gasteiger partial charge < -0.3 is 10.1 Å². The average Bonchev–Trinajstić information content (AvgIpc) is 2.47. The van der Waals surface area contributed by atoms with Gasteiger partial charge in [-0.1, -0.05) is 13.3 Å². The molecular formula is C13H26N2O3S. The SMILES string of the molecule is CCC1CN(S(=O)(=O)C2CCOCC2)CCC1NC. The van der Waals surface area contributed by atoms with Crippen LogP contribution in [0.2, 0.25) is 0 Å². The lowest BCUT2D eigenvalue weighted by Gasteiger charge is -2.39. The maximum absolute atomic E-state index is 12.6. The Morgan fingerprint density at radius 2 is 1.95 bits per heavy atom. The second kappa shape index (κ2) is 6.52. The van der Waals surface area contributed by atoms with Crippen molar-refractivity contribution in [2.45, 2.75) is 43.9 Å². The summed E-state index contributed by atoms with van der Waals surface area (Å²) in [4.78, 5) is 0. The standard InChI is InChI=1S/C13H26N2O3S/c1-3-11-10-15(7-4-13(11)14-2)19(16,17)12-5-8-18-9-6-12/h11-14H,3-10H2,1-2H3. The normalized spacial score (nSPS) is 31.5. The summed E-state index contributed by atoms with van der Waals surface area (Å²) in [5.74, 6) is 0.424. The lowest BCUT2D eigenvalue weighted by Crippen LogP contribution is -2.52. The van der Waals surface area contributed by atoms with Gasteiger partial charge in [-0.15, -0.1) is 0 Å². The minimum Gasteiger partial charge on any atom is -0.381 e. The molecule has 2 rings (SSSR count). The van der Waals surface area contributed by atoms with Gasteiger partial charge in [-0.2, -0.15) is 0 Å². The summed E-state index contributed by atoms with van der Waals surface area (Å²) in [7, 11) is -1.17. The minimum absolute atomic E-state index is 0.232. The molecule has 2 aliphatic heterocycles. The monoisotopic (exact) mass is 290 g/mol. The molecule has 2 saturated heterocycles. The van der Waals surface area contributed by atoms with Gasteiger partial charge in [0.05, 0.1) is 5.25 Å². The molecule has 2 aliphatic rings. The van der Waals surface area contributed by atoms with Crippen molar-refractivity contribution < 1.29 is 13.2 Å². The van der Waals surface area contributed by atoms with Gasteiger partial charge in [0, 0.05) is 32.3 Å². The van der Waals surface area contributed by atoms with Crippen LogP contribution in [0.25, 0.3) is 0 Å². The van der Waals surface area contributed by atoms with Crippen molar-refractivity contribution in [3.63, 3.8) is 0 Å². The maximum atomic E-state index is 12.6. The predicted molar refractivity (Wildman–Crippen MR) is 75.6 cm³/mol. The summed E-state index contributed by atoms with van der Waals surface area (Å²) in [6, 6.07) is 0.450. The zero-order valence-electron chi connectivity index (χ0n) is 12.0. The molecule has 112 valence electrons. The molecule has 0 aliphatic carbocycles. The van der Waals surface area contributed by atoms with E-state index in [1.54, 1.807) is 4.31 Å². The van der Waals surface area contributed by atoms with Gasteiger partial charge in [-0.05, 0) is 32.2 Å². The summed E-state index contributed by atoms with van der Waals surface area (Å²) in [5.41, 5.74) is 0.